The van der Waals surface area contributed by atoms with Crippen molar-refractivity contribution in [3.63, 3.8) is 0 Å². The van der Waals surface area contributed by atoms with Crippen LogP contribution in [-0.2, 0) is 4.79 Å². The summed E-state index contributed by atoms with van der Waals surface area (Å²) in [7, 11) is 1.56. The first-order valence-corrected chi connectivity index (χ1v) is 6.20. The molecule has 0 fully saturated rings. The van der Waals surface area contributed by atoms with E-state index in [9.17, 15) is 9.59 Å². The molecule has 2 N–H and O–H groups in total. The number of nitrogens with zero attached hydrogens (tertiary/aromatic N) is 2. The van der Waals surface area contributed by atoms with Gasteiger partial charge in [-0.1, -0.05) is 30.3 Å². The van der Waals surface area contributed by atoms with Gasteiger partial charge in [0, 0.05) is 13.6 Å². The van der Waals surface area contributed by atoms with Gasteiger partial charge in [0.2, 0.25) is 0 Å². The number of carbonyl (C=O) groups excluding carboxylic acids is 1. The number of hydrogen-bond donors (Lipinski definition) is 2. The number of hydrogen-bond acceptors (Lipinski definition) is 3. The molecule has 0 aliphatic carbocycles. The fourth-order valence-corrected chi connectivity index (χ4v) is 1.69. The highest BCUT2D eigenvalue weighted by molar-refractivity contribution is 5.76. The fourth-order valence-electron chi connectivity index (χ4n) is 1.69. The maximum Gasteiger partial charge on any atom is 0.317 e. The van der Waals surface area contributed by atoms with Crippen LogP contribution in [0.1, 0.15) is 24.4 Å². The summed E-state index contributed by atoms with van der Waals surface area (Å²) in [4.78, 5) is 24.2. The van der Waals surface area contributed by atoms with Crippen LogP contribution in [0.2, 0.25) is 0 Å². The Labute approximate surface area is 117 Å². The Morgan fingerprint density at radius 1 is 1.40 bits per heavy atom. The molecule has 20 heavy (non-hydrogen) atoms. The number of rotatable bonds is 6. The predicted molar refractivity (Wildman–Crippen MR) is 72.8 cm³/mol. The molecule has 0 spiro atoms. The summed E-state index contributed by atoms with van der Waals surface area (Å²) in [5, 5.41) is 20.1. The van der Waals surface area contributed by atoms with Crippen LogP contribution in [0.3, 0.4) is 0 Å². The Bertz CT molecular complexity index is 496. The van der Waals surface area contributed by atoms with Crippen LogP contribution < -0.4 is 5.32 Å². The van der Waals surface area contributed by atoms with Gasteiger partial charge in [0.15, 0.2) is 0 Å². The molecule has 1 rings (SSSR count). The summed E-state index contributed by atoms with van der Waals surface area (Å²) in [5.74, 6) is -0.987. The molecular formula is C14H17N3O3. The van der Waals surface area contributed by atoms with Gasteiger partial charge in [0.05, 0.1) is 25.0 Å². The quantitative estimate of drug-likeness (QED) is 0.827. The number of benzene rings is 1. The molecular weight excluding hydrogens is 258 g/mol. The number of nitriles is 1. The molecule has 0 bridgehead atoms. The topological polar surface area (TPSA) is 93.4 Å². The summed E-state index contributed by atoms with van der Waals surface area (Å²) in [6, 6.07) is 9.90. The third-order valence-electron chi connectivity index (χ3n) is 2.78. The lowest BCUT2D eigenvalue weighted by Gasteiger charge is -2.22. The van der Waals surface area contributed by atoms with Crippen molar-refractivity contribution in [2.45, 2.75) is 18.9 Å². The van der Waals surface area contributed by atoms with E-state index in [-0.39, 0.29) is 12.8 Å². The van der Waals surface area contributed by atoms with Crippen molar-refractivity contribution in [2.24, 2.45) is 0 Å². The molecule has 6 heteroatoms. The first-order chi connectivity index (χ1) is 9.54. The van der Waals surface area contributed by atoms with E-state index in [1.54, 1.807) is 31.3 Å². The molecule has 0 aliphatic rings. The highest BCUT2D eigenvalue weighted by atomic mass is 16.4. The zero-order chi connectivity index (χ0) is 15.0. The maximum atomic E-state index is 11.9. The van der Waals surface area contributed by atoms with E-state index in [2.05, 4.69) is 5.32 Å². The van der Waals surface area contributed by atoms with Gasteiger partial charge < -0.3 is 15.3 Å². The maximum absolute atomic E-state index is 11.9. The Morgan fingerprint density at radius 3 is 2.60 bits per heavy atom. The van der Waals surface area contributed by atoms with Crippen molar-refractivity contribution < 1.29 is 14.7 Å². The normalized spacial score (nSPS) is 11.2. The number of amides is 2. The van der Waals surface area contributed by atoms with Crippen molar-refractivity contribution in [1.29, 1.82) is 5.26 Å². The van der Waals surface area contributed by atoms with Crippen molar-refractivity contribution in [1.82, 2.24) is 10.2 Å². The zero-order valence-electron chi connectivity index (χ0n) is 11.2. The van der Waals surface area contributed by atoms with E-state index >= 15 is 0 Å². The number of nitrogens with one attached hydrogen (secondary N) is 1. The Hall–Kier alpha value is -2.55. The van der Waals surface area contributed by atoms with Gasteiger partial charge in [-0.2, -0.15) is 5.26 Å². The molecule has 0 heterocycles. The standard InChI is InChI=1S/C14H17N3O3/c1-17(9-5-8-15)14(20)16-12(10-13(18)19)11-6-3-2-4-7-11/h2-4,6-7,12H,5,9-10H2,1H3,(H,16,20)(H,18,19). The van der Waals surface area contributed by atoms with Crippen LogP contribution >= 0.6 is 0 Å². The Morgan fingerprint density at radius 2 is 2.05 bits per heavy atom. The molecule has 0 radical (unpaired) electrons. The summed E-state index contributed by atoms with van der Waals surface area (Å²) >= 11 is 0. The zero-order valence-corrected chi connectivity index (χ0v) is 11.2. The molecule has 1 aromatic carbocycles. The average molecular weight is 275 g/mol. The first-order valence-electron chi connectivity index (χ1n) is 6.20. The molecule has 0 saturated heterocycles. The summed E-state index contributed by atoms with van der Waals surface area (Å²) < 4.78 is 0. The number of carboxylic acid groups (broad SMARTS) is 1. The second-order valence-corrected chi connectivity index (χ2v) is 4.34. The van der Waals surface area contributed by atoms with Crippen molar-refractivity contribution in [2.75, 3.05) is 13.6 Å². The molecule has 1 atom stereocenters. The summed E-state index contributed by atoms with van der Waals surface area (Å²) in [5.41, 5.74) is 0.733. The lowest BCUT2D eigenvalue weighted by atomic mass is 10.0. The Kier molecular flexibility index (Phi) is 6.04. The number of carboxylic acids is 1. The number of aliphatic carboxylic acids is 1. The molecule has 0 aromatic heterocycles. The molecule has 6 nitrogen and oxygen atoms in total. The van der Waals surface area contributed by atoms with Crippen molar-refractivity contribution >= 4 is 12.0 Å². The molecule has 0 saturated carbocycles. The smallest absolute Gasteiger partial charge is 0.317 e. The second-order valence-electron chi connectivity index (χ2n) is 4.34. The number of urea groups is 1. The van der Waals surface area contributed by atoms with Crippen LogP contribution in [0.5, 0.6) is 0 Å². The first kappa shape index (κ1) is 15.5. The summed E-state index contributed by atoms with van der Waals surface area (Å²) in [6.07, 6.45) is 0.0424. The lowest BCUT2D eigenvalue weighted by molar-refractivity contribution is -0.137. The van der Waals surface area contributed by atoms with Crippen molar-refractivity contribution in [3.8, 4) is 6.07 Å². The SMILES string of the molecule is CN(CCC#N)C(=O)NC(CC(=O)O)c1ccccc1. The molecule has 2 amide bonds. The minimum absolute atomic E-state index is 0.193. The van der Waals surface area contributed by atoms with Crippen LogP contribution in [0.4, 0.5) is 4.79 Å². The molecule has 1 aromatic rings. The van der Waals surface area contributed by atoms with Gasteiger partial charge in [-0.25, -0.2) is 4.79 Å². The largest absolute Gasteiger partial charge is 0.481 e. The molecule has 1 unspecified atom stereocenters. The van der Waals surface area contributed by atoms with E-state index in [1.165, 1.54) is 4.90 Å². The van der Waals surface area contributed by atoms with E-state index in [0.717, 1.165) is 5.56 Å². The fraction of sp³-hybridized carbons (Fsp3) is 0.357. The van der Waals surface area contributed by atoms with Crippen LogP contribution in [0.15, 0.2) is 30.3 Å². The van der Waals surface area contributed by atoms with Gasteiger partial charge in [0.1, 0.15) is 0 Å². The van der Waals surface area contributed by atoms with E-state index < -0.39 is 18.0 Å². The van der Waals surface area contributed by atoms with Crippen LogP contribution in [0, 0.1) is 11.3 Å². The van der Waals surface area contributed by atoms with E-state index in [1.807, 2.05) is 12.1 Å². The van der Waals surface area contributed by atoms with Gasteiger partial charge in [0.25, 0.3) is 0 Å². The van der Waals surface area contributed by atoms with E-state index in [0.29, 0.717) is 6.54 Å². The highest BCUT2D eigenvalue weighted by Gasteiger charge is 2.19. The average Bonchev–Trinajstić information content (AvgIpc) is 2.44. The van der Waals surface area contributed by atoms with Crippen molar-refractivity contribution in [3.05, 3.63) is 35.9 Å². The highest BCUT2D eigenvalue weighted by Crippen LogP contribution is 2.16. The minimum atomic E-state index is -0.987. The second kappa shape index (κ2) is 7.79. The predicted octanol–water partition coefficient (Wildman–Crippen LogP) is 1.76. The molecule has 0 aliphatic heterocycles. The lowest BCUT2D eigenvalue weighted by Crippen LogP contribution is -2.40. The van der Waals surface area contributed by atoms with Gasteiger partial charge in [-0.15, -0.1) is 0 Å². The number of carbonyl (C=O) groups is 2. The Balaban J connectivity index is 2.73. The molecule has 106 valence electrons. The van der Waals surface area contributed by atoms with Gasteiger partial charge in [-0.05, 0) is 5.56 Å². The third-order valence-corrected chi connectivity index (χ3v) is 2.78. The van der Waals surface area contributed by atoms with Crippen LogP contribution in [-0.4, -0.2) is 35.6 Å². The van der Waals surface area contributed by atoms with Gasteiger partial charge in [-0.3, -0.25) is 4.79 Å². The summed E-state index contributed by atoms with van der Waals surface area (Å²) in [6.45, 7) is 0.302. The van der Waals surface area contributed by atoms with E-state index in [4.69, 9.17) is 10.4 Å². The minimum Gasteiger partial charge on any atom is -0.481 e. The third kappa shape index (κ3) is 4.98. The van der Waals surface area contributed by atoms with Crippen LogP contribution in [0.25, 0.3) is 0 Å². The monoisotopic (exact) mass is 275 g/mol. The van der Waals surface area contributed by atoms with Gasteiger partial charge >= 0.3 is 12.0 Å².